The molecule has 6 heteroatoms. The summed E-state index contributed by atoms with van der Waals surface area (Å²) in [5.41, 5.74) is 1.35. The molecule has 0 bridgehead atoms. The molecule has 1 aromatic rings. The topological polar surface area (TPSA) is 76.3 Å². The van der Waals surface area contributed by atoms with E-state index in [0.717, 1.165) is 0 Å². The van der Waals surface area contributed by atoms with Crippen LogP contribution in [0.1, 0.15) is 16.8 Å². The quantitative estimate of drug-likeness (QED) is 0.603. The van der Waals surface area contributed by atoms with Gasteiger partial charge in [0.2, 0.25) is 0 Å². The van der Waals surface area contributed by atoms with Crippen molar-refractivity contribution >= 4 is 18.1 Å². The lowest BCUT2D eigenvalue weighted by Gasteiger charge is -2.04. The van der Waals surface area contributed by atoms with E-state index in [-0.39, 0.29) is 24.7 Å². The highest BCUT2D eigenvalue weighted by molar-refractivity contribution is 5.85. The van der Waals surface area contributed by atoms with Crippen molar-refractivity contribution in [3.05, 3.63) is 33.1 Å². The Hall–Kier alpha value is -1.20. The third-order valence-electron chi connectivity index (χ3n) is 1.91. The van der Waals surface area contributed by atoms with Gasteiger partial charge in [0.1, 0.15) is 0 Å². The summed E-state index contributed by atoms with van der Waals surface area (Å²) in [5, 5.41) is 19.4. The van der Waals surface area contributed by atoms with Crippen molar-refractivity contribution in [2.75, 3.05) is 0 Å². The molecule has 0 radical (unpaired) electrons. The van der Waals surface area contributed by atoms with Crippen LogP contribution in [0, 0.1) is 24.0 Å². The molecular weight excluding hydrogens is 208 g/mol. The summed E-state index contributed by atoms with van der Waals surface area (Å²) in [6.45, 7) is 2.94. The minimum absolute atomic E-state index is 0. The fourth-order valence-electron chi connectivity index (χ4n) is 1.21. The van der Waals surface area contributed by atoms with Crippen molar-refractivity contribution in [3.63, 3.8) is 0 Å². The van der Waals surface area contributed by atoms with Crippen LogP contribution in [0.5, 0.6) is 0 Å². The average molecular weight is 219 g/mol. The number of aliphatic hydroxyl groups excluding tert-OH is 1. The molecule has 0 aliphatic carbocycles. The molecule has 0 amide bonds. The van der Waals surface area contributed by atoms with Gasteiger partial charge in [0.25, 0.3) is 5.69 Å². The number of hydrogen-bond acceptors (Lipinski definition) is 4. The molecule has 0 fully saturated rings. The third kappa shape index (κ3) is 2.18. The number of rotatable bonds is 2. The van der Waals surface area contributed by atoms with E-state index < -0.39 is 4.92 Å². The summed E-state index contributed by atoms with van der Waals surface area (Å²) in [5.74, 6) is 0. The van der Waals surface area contributed by atoms with Crippen LogP contribution in [-0.4, -0.2) is 15.0 Å². The fourth-order valence-corrected chi connectivity index (χ4v) is 1.21. The number of aliphatic hydroxyl groups is 1. The normalized spacial score (nSPS) is 9.36. The maximum absolute atomic E-state index is 10.6. The van der Waals surface area contributed by atoms with Crippen molar-refractivity contribution in [1.82, 2.24) is 4.98 Å². The minimum Gasteiger partial charge on any atom is -0.390 e. The van der Waals surface area contributed by atoms with Crippen molar-refractivity contribution in [2.24, 2.45) is 0 Å². The molecule has 0 saturated heterocycles. The zero-order chi connectivity index (χ0) is 10.0. The van der Waals surface area contributed by atoms with Crippen LogP contribution in [0.4, 0.5) is 5.69 Å². The Labute approximate surface area is 87.3 Å². The third-order valence-corrected chi connectivity index (χ3v) is 1.91. The Morgan fingerprint density at radius 1 is 1.57 bits per heavy atom. The van der Waals surface area contributed by atoms with Gasteiger partial charge in [-0.15, -0.1) is 12.4 Å². The van der Waals surface area contributed by atoms with Gasteiger partial charge in [-0.25, -0.2) is 0 Å². The molecule has 0 aromatic carbocycles. The van der Waals surface area contributed by atoms with Crippen LogP contribution in [0.2, 0.25) is 0 Å². The zero-order valence-corrected chi connectivity index (χ0v) is 8.67. The summed E-state index contributed by atoms with van der Waals surface area (Å²) in [7, 11) is 0. The predicted octanol–water partition coefficient (Wildman–Crippen LogP) is 1.52. The number of nitrogens with zero attached hydrogens (tertiary/aromatic N) is 2. The van der Waals surface area contributed by atoms with Crippen molar-refractivity contribution in [3.8, 4) is 0 Å². The summed E-state index contributed by atoms with van der Waals surface area (Å²) in [6, 6.07) is 0. The maximum atomic E-state index is 10.6. The van der Waals surface area contributed by atoms with Crippen molar-refractivity contribution in [2.45, 2.75) is 20.5 Å². The van der Waals surface area contributed by atoms with Gasteiger partial charge in [-0.3, -0.25) is 15.1 Å². The van der Waals surface area contributed by atoms with Gasteiger partial charge in [0.15, 0.2) is 0 Å². The Kier molecular flexibility index (Phi) is 4.46. The summed E-state index contributed by atoms with van der Waals surface area (Å²) >= 11 is 0. The highest BCUT2D eigenvalue weighted by Gasteiger charge is 2.17. The molecule has 0 atom stereocenters. The SMILES string of the molecule is Cc1cnc(CO)c(C)c1[N+](=O)[O-].Cl. The Morgan fingerprint density at radius 2 is 2.14 bits per heavy atom. The monoisotopic (exact) mass is 218 g/mol. The Morgan fingerprint density at radius 3 is 2.57 bits per heavy atom. The van der Waals surface area contributed by atoms with Gasteiger partial charge < -0.3 is 5.11 Å². The molecule has 1 rings (SSSR count). The van der Waals surface area contributed by atoms with Crippen LogP contribution in [0.3, 0.4) is 0 Å². The van der Waals surface area contributed by atoms with E-state index in [1.165, 1.54) is 6.20 Å². The van der Waals surface area contributed by atoms with E-state index in [0.29, 0.717) is 16.8 Å². The fraction of sp³-hybridized carbons (Fsp3) is 0.375. The second-order valence-corrected chi connectivity index (χ2v) is 2.78. The first kappa shape index (κ1) is 12.8. The van der Waals surface area contributed by atoms with E-state index in [4.69, 9.17) is 5.11 Å². The molecule has 5 nitrogen and oxygen atoms in total. The molecule has 0 aliphatic rings. The lowest BCUT2D eigenvalue weighted by atomic mass is 10.1. The van der Waals surface area contributed by atoms with Gasteiger partial charge in [-0.2, -0.15) is 0 Å². The first-order valence-corrected chi connectivity index (χ1v) is 3.78. The number of hydrogen-bond donors (Lipinski definition) is 1. The number of nitro groups is 1. The van der Waals surface area contributed by atoms with E-state index in [9.17, 15) is 10.1 Å². The first-order chi connectivity index (χ1) is 6.07. The van der Waals surface area contributed by atoms with Crippen molar-refractivity contribution < 1.29 is 10.0 Å². The molecule has 1 aromatic heterocycles. The first-order valence-electron chi connectivity index (χ1n) is 3.78. The average Bonchev–Trinajstić information content (AvgIpc) is 2.04. The van der Waals surface area contributed by atoms with Gasteiger partial charge in [0.05, 0.1) is 22.8 Å². The predicted molar refractivity (Wildman–Crippen MR) is 53.5 cm³/mol. The van der Waals surface area contributed by atoms with Crippen LogP contribution in [0.25, 0.3) is 0 Å². The van der Waals surface area contributed by atoms with Crippen LogP contribution < -0.4 is 0 Å². The lowest BCUT2D eigenvalue weighted by molar-refractivity contribution is -0.386. The van der Waals surface area contributed by atoms with Gasteiger partial charge in [0, 0.05) is 11.8 Å². The van der Waals surface area contributed by atoms with Crippen LogP contribution in [-0.2, 0) is 6.61 Å². The maximum Gasteiger partial charge on any atom is 0.278 e. The summed E-state index contributed by atoms with van der Waals surface area (Å²) in [4.78, 5) is 14.0. The zero-order valence-electron chi connectivity index (χ0n) is 7.85. The summed E-state index contributed by atoms with van der Waals surface area (Å²) in [6.07, 6.45) is 1.40. The smallest absolute Gasteiger partial charge is 0.278 e. The van der Waals surface area contributed by atoms with Crippen molar-refractivity contribution in [1.29, 1.82) is 0 Å². The van der Waals surface area contributed by atoms with Crippen LogP contribution >= 0.6 is 12.4 Å². The van der Waals surface area contributed by atoms with Gasteiger partial charge in [-0.1, -0.05) is 0 Å². The number of aryl methyl sites for hydroxylation is 1. The minimum atomic E-state index is -0.453. The molecular formula is C8H11ClN2O3. The number of aromatic nitrogens is 1. The molecule has 14 heavy (non-hydrogen) atoms. The molecule has 0 unspecified atom stereocenters. The van der Waals surface area contributed by atoms with Gasteiger partial charge >= 0.3 is 0 Å². The Bertz CT molecular complexity index is 355. The second kappa shape index (κ2) is 4.88. The standard InChI is InChI=1S/C8H10N2O3.ClH/c1-5-3-9-7(4-11)6(2)8(5)10(12)13;/h3,11H,4H2,1-2H3;1H. The molecule has 0 aliphatic heterocycles. The Balaban J connectivity index is 0.00000169. The highest BCUT2D eigenvalue weighted by atomic mass is 35.5. The highest BCUT2D eigenvalue weighted by Crippen LogP contribution is 2.23. The molecule has 0 saturated carbocycles. The van der Waals surface area contributed by atoms with E-state index in [1.54, 1.807) is 13.8 Å². The molecule has 78 valence electrons. The second-order valence-electron chi connectivity index (χ2n) is 2.78. The number of halogens is 1. The largest absolute Gasteiger partial charge is 0.390 e. The molecule has 1 heterocycles. The van der Waals surface area contributed by atoms with Crippen LogP contribution in [0.15, 0.2) is 6.20 Å². The summed E-state index contributed by atoms with van der Waals surface area (Å²) < 4.78 is 0. The van der Waals surface area contributed by atoms with E-state index >= 15 is 0 Å². The van der Waals surface area contributed by atoms with E-state index in [2.05, 4.69) is 4.98 Å². The lowest BCUT2D eigenvalue weighted by Crippen LogP contribution is -2.01. The number of pyridine rings is 1. The molecule has 0 spiro atoms. The molecule has 1 N–H and O–H groups in total. The van der Waals surface area contributed by atoms with E-state index in [1.807, 2.05) is 0 Å². The van der Waals surface area contributed by atoms with Gasteiger partial charge in [-0.05, 0) is 13.8 Å².